The normalized spacial score (nSPS) is 18.1. The predicted octanol–water partition coefficient (Wildman–Crippen LogP) is 6.45. The lowest BCUT2D eigenvalue weighted by atomic mass is 9.95. The average Bonchev–Trinajstić information content (AvgIpc) is 3.78. The molecule has 14 heteroatoms. The Hall–Kier alpha value is -6.38. The lowest BCUT2D eigenvalue weighted by molar-refractivity contribution is -0.140. The van der Waals surface area contributed by atoms with Gasteiger partial charge in [-0.3, -0.25) is 19.4 Å². The number of halogens is 2. The molecule has 4 aliphatic heterocycles. The van der Waals surface area contributed by atoms with Crippen LogP contribution in [-0.2, 0) is 32.4 Å². The van der Waals surface area contributed by atoms with Crippen LogP contribution >= 0.6 is 0 Å². The van der Waals surface area contributed by atoms with Crippen LogP contribution in [0.5, 0.6) is 0 Å². The van der Waals surface area contributed by atoms with E-state index in [4.69, 9.17) is 9.68 Å². The molecule has 4 aromatic rings. The van der Waals surface area contributed by atoms with Crippen LogP contribution in [0.15, 0.2) is 120 Å². The van der Waals surface area contributed by atoms with Gasteiger partial charge in [0.1, 0.15) is 23.1 Å². The smallest absolute Gasteiger partial charge is 0.334 e. The monoisotopic (exact) mass is 842 g/mol. The van der Waals surface area contributed by atoms with Gasteiger partial charge in [-0.05, 0) is 111 Å². The number of rotatable bonds is 14. The summed E-state index contributed by atoms with van der Waals surface area (Å²) >= 11 is 0. The number of piperidine rings is 2. The maximum atomic E-state index is 13.8. The summed E-state index contributed by atoms with van der Waals surface area (Å²) in [6.07, 6.45) is 5.23. The van der Waals surface area contributed by atoms with Gasteiger partial charge in [0.15, 0.2) is 0 Å². The van der Waals surface area contributed by atoms with Crippen LogP contribution in [0.4, 0.5) is 8.78 Å². The number of nitrogens with zero attached hydrogens (tertiary/aromatic N) is 6. The fraction of sp³-hybridized carbons (Fsp3) is 0.333. The van der Waals surface area contributed by atoms with E-state index in [0.29, 0.717) is 73.7 Å². The maximum Gasteiger partial charge on any atom is 0.358 e. The van der Waals surface area contributed by atoms with E-state index in [2.05, 4.69) is 20.1 Å². The highest BCUT2D eigenvalue weighted by Crippen LogP contribution is 2.28. The van der Waals surface area contributed by atoms with Crippen LogP contribution in [0.1, 0.15) is 68.7 Å². The molecule has 0 unspecified atom stereocenters. The minimum atomic E-state index is -0.929. The number of likely N-dealkylation sites (tertiary alicyclic amines) is 2. The molecule has 0 N–H and O–H groups in total. The van der Waals surface area contributed by atoms with Gasteiger partial charge in [-0.2, -0.15) is 0 Å². The predicted molar refractivity (Wildman–Crippen MR) is 228 cm³/mol. The third-order valence-corrected chi connectivity index (χ3v) is 12.1. The molecule has 4 aromatic carbocycles. The van der Waals surface area contributed by atoms with E-state index in [1.807, 2.05) is 58.3 Å². The molecule has 0 spiro atoms. The molecular formula is C48H48F2N6O6. The van der Waals surface area contributed by atoms with Crippen molar-refractivity contribution in [3.8, 4) is 0 Å². The van der Waals surface area contributed by atoms with Crippen molar-refractivity contribution in [2.24, 2.45) is 22.1 Å². The van der Waals surface area contributed by atoms with Crippen LogP contribution in [0.3, 0.4) is 0 Å². The summed E-state index contributed by atoms with van der Waals surface area (Å²) in [7, 11) is 0. The highest BCUT2D eigenvalue weighted by atomic mass is 19.1. The summed E-state index contributed by atoms with van der Waals surface area (Å²) in [4.78, 5) is 70.0. The highest BCUT2D eigenvalue weighted by molar-refractivity contribution is 6.03. The molecule has 4 heterocycles. The van der Waals surface area contributed by atoms with Crippen LogP contribution in [0.25, 0.3) is 0 Å². The number of hydrogen-bond acceptors (Lipinski definition) is 10. The van der Waals surface area contributed by atoms with Crippen molar-refractivity contribution >= 4 is 35.2 Å². The topological polar surface area (TPSA) is 124 Å². The Morgan fingerprint density at radius 2 is 0.935 bits per heavy atom. The molecule has 0 saturated carbocycles. The second-order valence-corrected chi connectivity index (χ2v) is 16.4. The third-order valence-electron chi connectivity index (χ3n) is 12.1. The van der Waals surface area contributed by atoms with Crippen molar-refractivity contribution < 1.29 is 37.6 Å². The largest absolute Gasteiger partial charge is 0.358 e. The molecule has 0 radical (unpaired) electrons. The lowest BCUT2D eigenvalue weighted by Gasteiger charge is -2.34. The van der Waals surface area contributed by atoms with E-state index in [9.17, 15) is 28.0 Å². The van der Waals surface area contributed by atoms with Crippen LogP contribution in [0, 0.1) is 23.5 Å². The number of benzene rings is 4. The Bertz CT molecular complexity index is 2200. The molecule has 0 aromatic heterocycles. The Morgan fingerprint density at radius 1 is 0.565 bits per heavy atom. The van der Waals surface area contributed by atoms with Gasteiger partial charge in [-0.25, -0.2) is 18.4 Å². The van der Waals surface area contributed by atoms with Crippen LogP contribution in [-0.4, -0.2) is 107 Å². The highest BCUT2D eigenvalue weighted by Gasteiger charge is 2.32. The van der Waals surface area contributed by atoms with Gasteiger partial charge in [-0.15, -0.1) is 0 Å². The Labute approximate surface area is 359 Å². The molecule has 12 nitrogen and oxygen atoms in total. The molecule has 320 valence electrons. The molecule has 0 bridgehead atoms. The van der Waals surface area contributed by atoms with E-state index in [0.717, 1.165) is 86.3 Å². The van der Waals surface area contributed by atoms with E-state index >= 15 is 0 Å². The molecule has 0 aliphatic carbocycles. The summed E-state index contributed by atoms with van der Waals surface area (Å²) in [6.45, 7) is 6.20. The second kappa shape index (κ2) is 19.6. The first-order chi connectivity index (χ1) is 30.1. The molecule has 4 aliphatic rings. The summed E-state index contributed by atoms with van der Waals surface area (Å²) in [5.74, 6) is -1.87. The van der Waals surface area contributed by atoms with Crippen molar-refractivity contribution in [3.05, 3.63) is 154 Å². The fourth-order valence-electron chi connectivity index (χ4n) is 8.65. The summed E-state index contributed by atoms with van der Waals surface area (Å²) in [6, 6.07) is 26.9. The third kappa shape index (κ3) is 10.6. The van der Waals surface area contributed by atoms with Gasteiger partial charge in [0.05, 0.1) is 0 Å². The zero-order valence-corrected chi connectivity index (χ0v) is 34.3. The van der Waals surface area contributed by atoms with Crippen LogP contribution in [0.2, 0.25) is 0 Å². The van der Waals surface area contributed by atoms with Gasteiger partial charge in [0.2, 0.25) is 0 Å². The molecule has 8 rings (SSSR count). The number of oxime groups is 2. The molecule has 62 heavy (non-hydrogen) atoms. The van der Waals surface area contributed by atoms with Crippen molar-refractivity contribution in [3.63, 3.8) is 0 Å². The fourth-order valence-corrected chi connectivity index (χ4v) is 8.65. The first-order valence-electron chi connectivity index (χ1n) is 21.1. The van der Waals surface area contributed by atoms with E-state index in [-0.39, 0.29) is 11.8 Å². The SMILES string of the molecule is O=C(/C=C/C(=O)O/N=C(\CN1CCC(CN2Cc3ccccc3C2=O)CC1)c1ccc(F)cc1)O/N=C(\CN1CCC(CN2Cc3ccccc3C2=O)CC1)c1ccc(F)cc1. The zero-order chi connectivity index (χ0) is 43.0. The molecule has 2 fully saturated rings. The second-order valence-electron chi connectivity index (χ2n) is 16.4. The number of hydrogen-bond donors (Lipinski definition) is 0. The number of carbonyl (C=O) groups excluding carboxylic acids is 4. The Morgan fingerprint density at radius 3 is 1.31 bits per heavy atom. The Balaban J connectivity index is 0.834. The number of fused-ring (bicyclic) bond motifs is 2. The van der Waals surface area contributed by atoms with E-state index in [1.165, 1.54) is 24.3 Å². The van der Waals surface area contributed by atoms with Gasteiger partial charge in [0, 0.05) is 73.7 Å². The molecule has 0 atom stereocenters. The summed E-state index contributed by atoms with van der Waals surface area (Å²) in [5.41, 5.74) is 5.62. The lowest BCUT2D eigenvalue weighted by Crippen LogP contribution is -2.41. The van der Waals surface area contributed by atoms with Gasteiger partial charge >= 0.3 is 11.9 Å². The summed E-state index contributed by atoms with van der Waals surface area (Å²) in [5, 5.41) is 8.25. The number of amides is 2. The van der Waals surface area contributed by atoms with Crippen molar-refractivity contribution in [2.45, 2.75) is 38.8 Å². The standard InChI is InChI=1S/C48H48F2N6O6/c49-39-13-9-35(10-14-39)43(31-53-23-19-33(20-24-53)27-55-29-37-5-1-3-7-41(37)47(55)59)51-61-45(57)17-18-46(58)62-52-44(36-11-15-40(50)16-12-36)32-54-25-21-34(22-26-54)28-56-30-38-6-2-4-8-42(38)48(56)60/h1-18,33-34H,19-32H2/b18-17+,51-43+,52-44+. The molecule has 2 saturated heterocycles. The number of carbonyl (C=O) groups is 4. The summed E-state index contributed by atoms with van der Waals surface area (Å²) < 4.78 is 27.7. The van der Waals surface area contributed by atoms with Crippen molar-refractivity contribution in [1.82, 2.24) is 19.6 Å². The van der Waals surface area contributed by atoms with Crippen LogP contribution < -0.4 is 0 Å². The molecule has 2 amide bonds. The van der Waals surface area contributed by atoms with Gasteiger partial charge in [0.25, 0.3) is 11.8 Å². The first-order valence-corrected chi connectivity index (χ1v) is 21.1. The zero-order valence-electron chi connectivity index (χ0n) is 34.3. The maximum absolute atomic E-state index is 13.8. The minimum Gasteiger partial charge on any atom is -0.334 e. The van der Waals surface area contributed by atoms with Crippen molar-refractivity contribution in [1.29, 1.82) is 0 Å². The van der Waals surface area contributed by atoms with E-state index in [1.54, 1.807) is 24.3 Å². The van der Waals surface area contributed by atoms with Gasteiger partial charge in [-0.1, -0.05) is 71.0 Å². The van der Waals surface area contributed by atoms with E-state index < -0.39 is 23.6 Å². The van der Waals surface area contributed by atoms with Gasteiger partial charge < -0.3 is 19.5 Å². The minimum absolute atomic E-state index is 0.0730. The quantitative estimate of drug-likeness (QED) is 0.0615. The van der Waals surface area contributed by atoms with Crippen molar-refractivity contribution in [2.75, 3.05) is 52.4 Å². The Kier molecular flexibility index (Phi) is 13.3. The average molecular weight is 843 g/mol. The molecular weight excluding hydrogens is 795 g/mol. The first kappa shape index (κ1) is 42.3.